The van der Waals surface area contributed by atoms with Gasteiger partial charge in [-0.05, 0) is 44.5 Å². The number of benzene rings is 1. The van der Waals surface area contributed by atoms with Crippen molar-refractivity contribution in [3.05, 3.63) is 29.8 Å². The molecule has 2 rings (SSSR count). The Kier molecular flexibility index (Phi) is 5.62. The Labute approximate surface area is 127 Å². The predicted octanol–water partition coefficient (Wildman–Crippen LogP) is 2.57. The van der Waals surface area contributed by atoms with E-state index < -0.39 is 0 Å². The number of likely N-dealkylation sites (N-methyl/N-ethyl adjacent to an activating group) is 1. The molecule has 1 amide bonds. The molecule has 0 radical (unpaired) electrons. The van der Waals surface area contributed by atoms with Crippen LogP contribution in [0.5, 0.6) is 5.75 Å². The standard InChI is InChI=1S/C17H26N2O2/c1-13(17(20)18-15-6-4-5-7-15)19(2)12-14-8-10-16(21-3)11-9-14/h8-11,13,15H,4-7,12H2,1-3H3,(H,18,20). The van der Waals surface area contributed by atoms with Crippen LogP contribution in [-0.4, -0.2) is 37.0 Å². The van der Waals surface area contributed by atoms with Crippen molar-refractivity contribution in [1.29, 1.82) is 0 Å². The highest BCUT2D eigenvalue weighted by molar-refractivity contribution is 5.81. The minimum absolute atomic E-state index is 0.118. The zero-order valence-corrected chi connectivity index (χ0v) is 13.3. The lowest BCUT2D eigenvalue weighted by atomic mass is 10.1. The lowest BCUT2D eigenvalue weighted by molar-refractivity contribution is -0.126. The molecule has 1 N–H and O–H groups in total. The van der Waals surface area contributed by atoms with Gasteiger partial charge in [0.1, 0.15) is 5.75 Å². The van der Waals surface area contributed by atoms with E-state index in [0.717, 1.165) is 25.1 Å². The summed E-state index contributed by atoms with van der Waals surface area (Å²) in [5.41, 5.74) is 1.18. The first-order valence-corrected chi connectivity index (χ1v) is 7.73. The fourth-order valence-electron chi connectivity index (χ4n) is 2.75. The second kappa shape index (κ2) is 7.46. The molecule has 1 aliphatic carbocycles. The van der Waals surface area contributed by atoms with Crippen LogP contribution in [0.25, 0.3) is 0 Å². The van der Waals surface area contributed by atoms with Gasteiger partial charge in [-0.2, -0.15) is 0 Å². The average Bonchev–Trinajstić information content (AvgIpc) is 3.00. The smallest absolute Gasteiger partial charge is 0.237 e. The zero-order valence-electron chi connectivity index (χ0n) is 13.3. The van der Waals surface area contributed by atoms with Gasteiger partial charge < -0.3 is 10.1 Å². The molecule has 1 unspecified atom stereocenters. The zero-order chi connectivity index (χ0) is 15.2. The van der Waals surface area contributed by atoms with Gasteiger partial charge in [0.05, 0.1) is 13.2 Å². The number of hydrogen-bond donors (Lipinski definition) is 1. The molecule has 116 valence electrons. The van der Waals surface area contributed by atoms with Crippen LogP contribution in [0.2, 0.25) is 0 Å². The number of nitrogens with zero attached hydrogens (tertiary/aromatic N) is 1. The molecule has 21 heavy (non-hydrogen) atoms. The maximum Gasteiger partial charge on any atom is 0.237 e. The van der Waals surface area contributed by atoms with Crippen LogP contribution in [-0.2, 0) is 11.3 Å². The maximum atomic E-state index is 12.3. The van der Waals surface area contributed by atoms with Crippen molar-refractivity contribution in [2.75, 3.05) is 14.2 Å². The lowest BCUT2D eigenvalue weighted by Crippen LogP contribution is -2.46. The Morgan fingerprint density at radius 3 is 2.52 bits per heavy atom. The first-order chi connectivity index (χ1) is 10.1. The van der Waals surface area contributed by atoms with E-state index in [4.69, 9.17) is 4.74 Å². The van der Waals surface area contributed by atoms with Crippen molar-refractivity contribution in [3.63, 3.8) is 0 Å². The monoisotopic (exact) mass is 290 g/mol. The Morgan fingerprint density at radius 2 is 1.95 bits per heavy atom. The van der Waals surface area contributed by atoms with E-state index in [1.165, 1.54) is 18.4 Å². The molecule has 4 heteroatoms. The van der Waals surface area contributed by atoms with E-state index in [0.29, 0.717) is 6.04 Å². The van der Waals surface area contributed by atoms with E-state index in [-0.39, 0.29) is 11.9 Å². The number of rotatable bonds is 6. The molecule has 0 bridgehead atoms. The highest BCUT2D eigenvalue weighted by Gasteiger charge is 2.23. The van der Waals surface area contributed by atoms with E-state index >= 15 is 0 Å². The minimum atomic E-state index is -0.118. The molecule has 0 aliphatic heterocycles. The quantitative estimate of drug-likeness (QED) is 0.875. The molecule has 1 saturated carbocycles. The van der Waals surface area contributed by atoms with Gasteiger partial charge >= 0.3 is 0 Å². The fraction of sp³-hybridized carbons (Fsp3) is 0.588. The summed E-state index contributed by atoms with van der Waals surface area (Å²) in [4.78, 5) is 14.3. The topological polar surface area (TPSA) is 41.6 Å². The second-order valence-electron chi connectivity index (χ2n) is 5.93. The van der Waals surface area contributed by atoms with Gasteiger partial charge in [0.2, 0.25) is 5.91 Å². The Morgan fingerprint density at radius 1 is 1.33 bits per heavy atom. The lowest BCUT2D eigenvalue weighted by Gasteiger charge is -2.25. The summed E-state index contributed by atoms with van der Waals surface area (Å²) in [6.07, 6.45) is 4.73. The molecule has 0 heterocycles. The van der Waals surface area contributed by atoms with Gasteiger partial charge in [0, 0.05) is 12.6 Å². The van der Waals surface area contributed by atoms with Crippen molar-refractivity contribution in [2.45, 2.75) is 51.2 Å². The molecular formula is C17H26N2O2. The molecular weight excluding hydrogens is 264 g/mol. The van der Waals surface area contributed by atoms with Crippen molar-refractivity contribution < 1.29 is 9.53 Å². The molecule has 1 atom stereocenters. The summed E-state index contributed by atoms with van der Waals surface area (Å²) < 4.78 is 5.16. The molecule has 1 aromatic rings. The van der Waals surface area contributed by atoms with Gasteiger partial charge in [0.25, 0.3) is 0 Å². The number of carbonyl (C=O) groups is 1. The van der Waals surface area contributed by atoms with Gasteiger partial charge in [-0.1, -0.05) is 25.0 Å². The Balaban J connectivity index is 1.85. The van der Waals surface area contributed by atoms with Gasteiger partial charge in [-0.3, -0.25) is 9.69 Å². The van der Waals surface area contributed by atoms with Crippen molar-refractivity contribution >= 4 is 5.91 Å². The number of ether oxygens (including phenoxy) is 1. The molecule has 1 aliphatic rings. The molecule has 0 saturated heterocycles. The van der Waals surface area contributed by atoms with E-state index in [9.17, 15) is 4.79 Å². The summed E-state index contributed by atoms with van der Waals surface area (Å²) in [6.45, 7) is 2.72. The summed E-state index contributed by atoms with van der Waals surface area (Å²) in [5, 5.41) is 3.16. The molecule has 4 nitrogen and oxygen atoms in total. The second-order valence-corrected chi connectivity index (χ2v) is 5.93. The normalized spacial score (nSPS) is 17.0. The third-order valence-electron chi connectivity index (χ3n) is 4.33. The number of nitrogens with one attached hydrogen (secondary N) is 1. The van der Waals surface area contributed by atoms with Crippen molar-refractivity contribution in [3.8, 4) is 5.75 Å². The minimum Gasteiger partial charge on any atom is -0.497 e. The van der Waals surface area contributed by atoms with E-state index in [2.05, 4.69) is 10.2 Å². The van der Waals surface area contributed by atoms with E-state index in [1.807, 2.05) is 38.2 Å². The molecule has 1 fully saturated rings. The van der Waals surface area contributed by atoms with Crippen molar-refractivity contribution in [1.82, 2.24) is 10.2 Å². The Hall–Kier alpha value is -1.55. The average molecular weight is 290 g/mol. The maximum absolute atomic E-state index is 12.3. The number of methoxy groups -OCH3 is 1. The van der Waals surface area contributed by atoms with Crippen LogP contribution >= 0.6 is 0 Å². The van der Waals surface area contributed by atoms with Crippen LogP contribution in [0.3, 0.4) is 0 Å². The predicted molar refractivity (Wildman–Crippen MR) is 84.3 cm³/mol. The number of carbonyl (C=O) groups excluding carboxylic acids is 1. The highest BCUT2D eigenvalue weighted by atomic mass is 16.5. The highest BCUT2D eigenvalue weighted by Crippen LogP contribution is 2.18. The summed E-state index contributed by atoms with van der Waals surface area (Å²) in [6, 6.07) is 8.24. The van der Waals surface area contributed by atoms with Crippen LogP contribution in [0.15, 0.2) is 24.3 Å². The number of hydrogen-bond acceptors (Lipinski definition) is 3. The summed E-state index contributed by atoms with van der Waals surface area (Å²) in [5.74, 6) is 0.992. The summed E-state index contributed by atoms with van der Waals surface area (Å²) >= 11 is 0. The molecule has 0 spiro atoms. The Bertz CT molecular complexity index is 452. The van der Waals surface area contributed by atoms with Crippen LogP contribution < -0.4 is 10.1 Å². The van der Waals surface area contributed by atoms with Gasteiger partial charge in [-0.25, -0.2) is 0 Å². The fourth-order valence-corrected chi connectivity index (χ4v) is 2.75. The van der Waals surface area contributed by atoms with Gasteiger partial charge in [-0.15, -0.1) is 0 Å². The third kappa shape index (κ3) is 4.46. The largest absolute Gasteiger partial charge is 0.497 e. The summed E-state index contributed by atoms with van der Waals surface area (Å²) in [7, 11) is 3.65. The van der Waals surface area contributed by atoms with Crippen LogP contribution in [0.1, 0.15) is 38.2 Å². The first kappa shape index (κ1) is 15.8. The molecule has 0 aromatic heterocycles. The van der Waals surface area contributed by atoms with Crippen LogP contribution in [0, 0.1) is 0 Å². The molecule has 1 aromatic carbocycles. The number of amides is 1. The van der Waals surface area contributed by atoms with Gasteiger partial charge in [0.15, 0.2) is 0 Å². The van der Waals surface area contributed by atoms with Crippen molar-refractivity contribution in [2.24, 2.45) is 0 Å². The third-order valence-corrected chi connectivity index (χ3v) is 4.33. The SMILES string of the molecule is COc1ccc(CN(C)C(C)C(=O)NC2CCCC2)cc1. The van der Waals surface area contributed by atoms with Crippen LogP contribution in [0.4, 0.5) is 0 Å². The van der Waals surface area contributed by atoms with E-state index in [1.54, 1.807) is 7.11 Å². The first-order valence-electron chi connectivity index (χ1n) is 7.73.